The second-order valence-corrected chi connectivity index (χ2v) is 4.54. The molecule has 0 aliphatic heterocycles. The Balaban J connectivity index is 2.68. The molecule has 2 nitrogen and oxygen atoms in total. The van der Waals surface area contributed by atoms with Gasteiger partial charge in [0.2, 0.25) is 0 Å². The van der Waals surface area contributed by atoms with Gasteiger partial charge in [-0.05, 0) is 25.5 Å². The van der Waals surface area contributed by atoms with Crippen molar-refractivity contribution in [3.05, 3.63) is 35.9 Å². The van der Waals surface area contributed by atoms with E-state index in [1.54, 1.807) is 0 Å². The van der Waals surface area contributed by atoms with Crippen LogP contribution in [0.25, 0.3) is 0 Å². The Morgan fingerprint density at radius 1 is 1.12 bits per heavy atom. The van der Waals surface area contributed by atoms with Crippen LogP contribution in [0.3, 0.4) is 0 Å². The zero-order valence-electron chi connectivity index (χ0n) is 10.7. The van der Waals surface area contributed by atoms with E-state index in [0.717, 1.165) is 6.54 Å². The SMILES string of the molecule is CNCC(OC(C)C(C)C)c1ccccc1. The molecule has 0 radical (unpaired) electrons. The van der Waals surface area contributed by atoms with E-state index in [0.29, 0.717) is 5.92 Å². The van der Waals surface area contributed by atoms with Crippen LogP contribution in [-0.4, -0.2) is 19.7 Å². The molecule has 1 aromatic rings. The van der Waals surface area contributed by atoms with E-state index < -0.39 is 0 Å². The summed E-state index contributed by atoms with van der Waals surface area (Å²) in [4.78, 5) is 0. The summed E-state index contributed by atoms with van der Waals surface area (Å²) >= 11 is 0. The number of likely N-dealkylation sites (N-methyl/N-ethyl adjacent to an activating group) is 1. The third-order valence-corrected chi connectivity index (χ3v) is 2.88. The van der Waals surface area contributed by atoms with Gasteiger partial charge in [-0.25, -0.2) is 0 Å². The molecule has 0 saturated carbocycles. The average Bonchev–Trinajstić information content (AvgIpc) is 2.29. The number of ether oxygens (including phenoxy) is 1. The van der Waals surface area contributed by atoms with Crippen LogP contribution in [0.1, 0.15) is 32.4 Å². The lowest BCUT2D eigenvalue weighted by Crippen LogP contribution is -2.25. The van der Waals surface area contributed by atoms with E-state index in [2.05, 4.69) is 50.4 Å². The van der Waals surface area contributed by atoms with Gasteiger partial charge in [-0.3, -0.25) is 0 Å². The summed E-state index contributed by atoms with van der Waals surface area (Å²) < 4.78 is 6.08. The Kier molecular flexibility index (Phi) is 5.50. The normalized spacial score (nSPS) is 15.1. The largest absolute Gasteiger partial charge is 0.369 e. The highest BCUT2D eigenvalue weighted by atomic mass is 16.5. The maximum absolute atomic E-state index is 6.08. The summed E-state index contributed by atoms with van der Waals surface area (Å²) in [6.07, 6.45) is 0.419. The Bertz CT molecular complexity index is 284. The number of nitrogens with one attached hydrogen (secondary N) is 1. The van der Waals surface area contributed by atoms with Crippen molar-refractivity contribution in [2.75, 3.05) is 13.6 Å². The summed E-state index contributed by atoms with van der Waals surface area (Å²) in [6.45, 7) is 7.36. The second-order valence-electron chi connectivity index (χ2n) is 4.54. The van der Waals surface area contributed by atoms with Gasteiger partial charge in [0.1, 0.15) is 0 Å². The van der Waals surface area contributed by atoms with Gasteiger partial charge in [0.25, 0.3) is 0 Å². The van der Waals surface area contributed by atoms with Crippen LogP contribution in [0.15, 0.2) is 30.3 Å². The topological polar surface area (TPSA) is 21.3 Å². The Morgan fingerprint density at radius 3 is 2.25 bits per heavy atom. The molecule has 1 N–H and O–H groups in total. The van der Waals surface area contributed by atoms with Crippen molar-refractivity contribution in [3.8, 4) is 0 Å². The summed E-state index contributed by atoms with van der Waals surface area (Å²) in [7, 11) is 1.96. The predicted octanol–water partition coefficient (Wildman–Crippen LogP) is 3.01. The summed E-state index contributed by atoms with van der Waals surface area (Å²) in [5, 5.41) is 3.19. The molecule has 0 amide bonds. The van der Waals surface area contributed by atoms with Gasteiger partial charge in [0.15, 0.2) is 0 Å². The van der Waals surface area contributed by atoms with Crippen molar-refractivity contribution in [1.29, 1.82) is 0 Å². The molecule has 2 heteroatoms. The number of benzene rings is 1. The average molecular weight is 221 g/mol. The van der Waals surface area contributed by atoms with Gasteiger partial charge in [-0.2, -0.15) is 0 Å². The van der Waals surface area contributed by atoms with Crippen LogP contribution in [0.5, 0.6) is 0 Å². The molecule has 0 bridgehead atoms. The van der Waals surface area contributed by atoms with E-state index in [1.165, 1.54) is 5.56 Å². The second kappa shape index (κ2) is 6.66. The quantitative estimate of drug-likeness (QED) is 0.797. The maximum Gasteiger partial charge on any atom is 0.0952 e. The fraction of sp³-hybridized carbons (Fsp3) is 0.571. The van der Waals surface area contributed by atoms with Gasteiger partial charge < -0.3 is 10.1 Å². The van der Waals surface area contributed by atoms with E-state index in [9.17, 15) is 0 Å². The standard InChI is InChI=1S/C14H23NO/c1-11(2)12(3)16-14(10-15-4)13-8-6-5-7-9-13/h5-9,11-12,14-15H,10H2,1-4H3. The first-order valence-corrected chi connectivity index (χ1v) is 6.00. The molecule has 16 heavy (non-hydrogen) atoms. The minimum absolute atomic E-state index is 0.142. The molecule has 2 atom stereocenters. The highest BCUT2D eigenvalue weighted by Crippen LogP contribution is 2.20. The van der Waals surface area contributed by atoms with Crippen molar-refractivity contribution in [2.45, 2.75) is 33.0 Å². The lowest BCUT2D eigenvalue weighted by molar-refractivity contribution is -0.0251. The molecule has 0 spiro atoms. The molecule has 0 saturated heterocycles. The van der Waals surface area contributed by atoms with E-state index in [1.807, 2.05) is 13.1 Å². The molecule has 0 aliphatic carbocycles. The zero-order chi connectivity index (χ0) is 12.0. The molecular formula is C14H23NO. The van der Waals surface area contributed by atoms with Crippen molar-refractivity contribution in [3.63, 3.8) is 0 Å². The molecule has 0 aromatic heterocycles. The van der Waals surface area contributed by atoms with Gasteiger partial charge in [-0.1, -0.05) is 44.2 Å². The number of hydrogen-bond donors (Lipinski definition) is 1. The smallest absolute Gasteiger partial charge is 0.0952 e. The monoisotopic (exact) mass is 221 g/mol. The molecule has 0 aliphatic rings. The Hall–Kier alpha value is -0.860. The molecule has 2 unspecified atom stereocenters. The molecular weight excluding hydrogens is 198 g/mol. The lowest BCUT2D eigenvalue weighted by atomic mass is 10.1. The van der Waals surface area contributed by atoms with Gasteiger partial charge in [0, 0.05) is 6.54 Å². The fourth-order valence-corrected chi connectivity index (χ4v) is 1.51. The Labute approximate surface area is 99.0 Å². The molecule has 90 valence electrons. The van der Waals surface area contributed by atoms with Crippen LogP contribution in [0.2, 0.25) is 0 Å². The van der Waals surface area contributed by atoms with E-state index in [-0.39, 0.29) is 12.2 Å². The van der Waals surface area contributed by atoms with Crippen LogP contribution in [0.4, 0.5) is 0 Å². The minimum atomic E-state index is 0.142. The molecule has 1 aromatic carbocycles. The Morgan fingerprint density at radius 2 is 1.75 bits per heavy atom. The fourth-order valence-electron chi connectivity index (χ4n) is 1.51. The van der Waals surface area contributed by atoms with Gasteiger partial charge in [0.05, 0.1) is 12.2 Å². The van der Waals surface area contributed by atoms with Crippen molar-refractivity contribution in [2.24, 2.45) is 5.92 Å². The summed E-state index contributed by atoms with van der Waals surface area (Å²) in [5.41, 5.74) is 1.24. The minimum Gasteiger partial charge on any atom is -0.369 e. The van der Waals surface area contributed by atoms with E-state index in [4.69, 9.17) is 4.74 Å². The predicted molar refractivity (Wildman–Crippen MR) is 68.5 cm³/mol. The van der Waals surface area contributed by atoms with Crippen molar-refractivity contribution >= 4 is 0 Å². The zero-order valence-corrected chi connectivity index (χ0v) is 10.7. The molecule has 0 fully saturated rings. The first kappa shape index (κ1) is 13.2. The van der Waals surface area contributed by atoms with Crippen LogP contribution >= 0.6 is 0 Å². The van der Waals surface area contributed by atoms with Crippen molar-refractivity contribution in [1.82, 2.24) is 5.32 Å². The van der Waals surface area contributed by atoms with E-state index >= 15 is 0 Å². The van der Waals surface area contributed by atoms with Crippen molar-refractivity contribution < 1.29 is 4.74 Å². The van der Waals surface area contributed by atoms with Crippen LogP contribution < -0.4 is 5.32 Å². The first-order chi connectivity index (χ1) is 7.65. The number of rotatable bonds is 6. The van der Waals surface area contributed by atoms with Gasteiger partial charge in [-0.15, -0.1) is 0 Å². The third kappa shape index (κ3) is 3.95. The van der Waals surface area contributed by atoms with Crippen LogP contribution in [-0.2, 0) is 4.74 Å². The highest BCUT2D eigenvalue weighted by Gasteiger charge is 2.16. The summed E-state index contributed by atoms with van der Waals surface area (Å²) in [6, 6.07) is 10.4. The molecule has 1 rings (SSSR count). The van der Waals surface area contributed by atoms with Gasteiger partial charge >= 0.3 is 0 Å². The highest BCUT2D eigenvalue weighted by molar-refractivity contribution is 5.17. The maximum atomic E-state index is 6.08. The summed E-state index contributed by atoms with van der Waals surface area (Å²) in [5.74, 6) is 0.545. The molecule has 0 heterocycles. The number of hydrogen-bond acceptors (Lipinski definition) is 2. The first-order valence-electron chi connectivity index (χ1n) is 6.00. The van der Waals surface area contributed by atoms with Crippen LogP contribution in [0, 0.1) is 5.92 Å². The third-order valence-electron chi connectivity index (χ3n) is 2.88. The lowest BCUT2D eigenvalue weighted by Gasteiger charge is -2.25.